The lowest BCUT2D eigenvalue weighted by atomic mass is 10.1. The molecule has 9 heteroatoms. The van der Waals surface area contributed by atoms with Gasteiger partial charge in [0.25, 0.3) is 15.9 Å². The summed E-state index contributed by atoms with van der Waals surface area (Å²) in [6.45, 7) is 1.21. The van der Waals surface area contributed by atoms with Gasteiger partial charge in [-0.2, -0.15) is 0 Å². The third-order valence-corrected chi connectivity index (χ3v) is 6.18. The van der Waals surface area contributed by atoms with E-state index in [0.29, 0.717) is 23.6 Å². The molecule has 3 rings (SSSR count). The van der Waals surface area contributed by atoms with E-state index in [9.17, 15) is 22.0 Å². The first-order chi connectivity index (χ1) is 12.8. The second kappa shape index (κ2) is 7.93. The summed E-state index contributed by atoms with van der Waals surface area (Å²) in [6, 6.07) is 6.79. The van der Waals surface area contributed by atoms with Crippen LogP contribution in [0, 0.1) is 11.6 Å². The number of carbonyl (C=O) groups excluding carboxylic acids is 1. The zero-order chi connectivity index (χ0) is 19.6. The highest BCUT2D eigenvalue weighted by molar-refractivity contribution is 9.10. The highest BCUT2D eigenvalue weighted by atomic mass is 79.9. The minimum atomic E-state index is -4.35. The van der Waals surface area contributed by atoms with E-state index < -0.39 is 26.6 Å². The number of carbonyl (C=O) groups is 1. The molecule has 1 heterocycles. The normalized spacial score (nSPS) is 14.9. The first kappa shape index (κ1) is 19.8. The van der Waals surface area contributed by atoms with Gasteiger partial charge in [-0.1, -0.05) is 15.9 Å². The number of nitrogens with one attached hydrogen (secondary N) is 1. The van der Waals surface area contributed by atoms with Crippen LogP contribution in [0.1, 0.15) is 29.6 Å². The fraction of sp³-hybridized carbons (Fsp3) is 0.278. The van der Waals surface area contributed by atoms with E-state index in [4.69, 9.17) is 0 Å². The number of anilines is 1. The molecule has 1 saturated heterocycles. The summed E-state index contributed by atoms with van der Waals surface area (Å²) in [7, 11) is -4.35. The smallest absolute Gasteiger partial charge is 0.264 e. The lowest BCUT2D eigenvalue weighted by molar-refractivity contribution is 0.0725. The van der Waals surface area contributed by atoms with Crippen LogP contribution in [0.4, 0.5) is 14.5 Å². The first-order valence-electron chi connectivity index (χ1n) is 8.34. The molecule has 1 fully saturated rings. The maximum atomic E-state index is 13.9. The summed E-state index contributed by atoms with van der Waals surface area (Å²) in [4.78, 5) is 13.8. The van der Waals surface area contributed by atoms with Gasteiger partial charge in [0.2, 0.25) is 0 Å². The minimum Gasteiger partial charge on any atom is -0.339 e. The number of hydrogen-bond acceptors (Lipinski definition) is 3. The number of benzene rings is 2. The summed E-state index contributed by atoms with van der Waals surface area (Å²) in [6.07, 6.45) is 2.84. The molecule has 5 nitrogen and oxygen atoms in total. The lowest BCUT2D eigenvalue weighted by Gasteiger charge is -2.27. The summed E-state index contributed by atoms with van der Waals surface area (Å²) >= 11 is 3.25. The van der Waals surface area contributed by atoms with Gasteiger partial charge < -0.3 is 4.90 Å². The van der Waals surface area contributed by atoms with Gasteiger partial charge in [-0.3, -0.25) is 9.52 Å². The molecule has 0 aromatic heterocycles. The van der Waals surface area contributed by atoms with Crippen molar-refractivity contribution in [3.63, 3.8) is 0 Å². The van der Waals surface area contributed by atoms with Gasteiger partial charge in [-0.25, -0.2) is 17.2 Å². The van der Waals surface area contributed by atoms with Gasteiger partial charge in [0.05, 0.1) is 11.3 Å². The average Bonchev–Trinajstić information content (AvgIpc) is 2.61. The van der Waals surface area contributed by atoms with Crippen LogP contribution in [-0.4, -0.2) is 32.3 Å². The summed E-state index contributed by atoms with van der Waals surface area (Å²) in [5.41, 5.74) is 0.204. The molecule has 1 N–H and O–H groups in total. The highest BCUT2D eigenvalue weighted by Crippen LogP contribution is 2.27. The van der Waals surface area contributed by atoms with Crippen LogP contribution in [0.3, 0.4) is 0 Å². The van der Waals surface area contributed by atoms with Crippen molar-refractivity contribution in [1.29, 1.82) is 0 Å². The minimum absolute atomic E-state index is 0.0312. The van der Waals surface area contributed by atoms with Gasteiger partial charge >= 0.3 is 0 Å². The van der Waals surface area contributed by atoms with Crippen LogP contribution in [0.15, 0.2) is 45.8 Å². The molecule has 144 valence electrons. The largest absolute Gasteiger partial charge is 0.339 e. The highest BCUT2D eigenvalue weighted by Gasteiger charge is 2.25. The van der Waals surface area contributed by atoms with Crippen molar-refractivity contribution in [3.8, 4) is 0 Å². The molecular weight excluding hydrogens is 442 g/mol. The second-order valence-electron chi connectivity index (χ2n) is 6.22. The fourth-order valence-electron chi connectivity index (χ4n) is 2.95. The molecule has 1 aliphatic heterocycles. The number of likely N-dealkylation sites (tertiary alicyclic amines) is 1. The number of nitrogens with zero attached hydrogens (tertiary/aromatic N) is 1. The van der Waals surface area contributed by atoms with Crippen molar-refractivity contribution in [2.75, 3.05) is 17.8 Å². The number of piperidine rings is 1. The molecule has 0 unspecified atom stereocenters. The monoisotopic (exact) mass is 458 g/mol. The maximum Gasteiger partial charge on any atom is 0.264 e. The van der Waals surface area contributed by atoms with Crippen LogP contribution >= 0.6 is 15.9 Å². The molecule has 0 spiro atoms. The van der Waals surface area contributed by atoms with E-state index in [-0.39, 0.29) is 17.2 Å². The Kier molecular flexibility index (Phi) is 5.81. The molecule has 1 aliphatic rings. The molecule has 2 aromatic rings. The Morgan fingerprint density at radius 3 is 2.41 bits per heavy atom. The molecule has 1 amide bonds. The number of amides is 1. The van der Waals surface area contributed by atoms with Crippen LogP contribution in [-0.2, 0) is 10.0 Å². The molecule has 0 atom stereocenters. The topological polar surface area (TPSA) is 66.5 Å². The van der Waals surface area contributed by atoms with Crippen molar-refractivity contribution in [2.45, 2.75) is 24.2 Å². The van der Waals surface area contributed by atoms with Gasteiger partial charge in [0, 0.05) is 23.6 Å². The quantitative estimate of drug-likeness (QED) is 0.747. The lowest BCUT2D eigenvalue weighted by Crippen LogP contribution is -2.36. The number of hydrogen-bond donors (Lipinski definition) is 1. The number of rotatable bonds is 4. The third kappa shape index (κ3) is 4.47. The van der Waals surface area contributed by atoms with E-state index in [1.807, 2.05) is 0 Å². The average molecular weight is 459 g/mol. The Labute approximate surface area is 164 Å². The third-order valence-electron chi connectivity index (χ3n) is 4.28. The number of halogens is 3. The summed E-state index contributed by atoms with van der Waals surface area (Å²) < 4.78 is 55.0. The van der Waals surface area contributed by atoms with Gasteiger partial charge in [-0.15, -0.1) is 0 Å². The Morgan fingerprint density at radius 2 is 1.74 bits per heavy atom. The van der Waals surface area contributed by atoms with Crippen molar-refractivity contribution in [2.24, 2.45) is 0 Å². The number of sulfonamides is 1. The Bertz CT molecular complexity index is 977. The molecule has 27 heavy (non-hydrogen) atoms. The first-order valence-corrected chi connectivity index (χ1v) is 10.6. The molecule has 0 bridgehead atoms. The Morgan fingerprint density at radius 1 is 1.04 bits per heavy atom. The van der Waals surface area contributed by atoms with E-state index >= 15 is 0 Å². The van der Waals surface area contributed by atoms with Crippen LogP contribution < -0.4 is 4.72 Å². The molecular formula is C18H17BrF2N2O3S. The van der Waals surface area contributed by atoms with Crippen molar-refractivity contribution < 1.29 is 22.0 Å². The van der Waals surface area contributed by atoms with E-state index in [2.05, 4.69) is 20.7 Å². The second-order valence-corrected chi connectivity index (χ2v) is 8.79. The molecule has 2 aromatic carbocycles. The SMILES string of the molecule is O=C(c1ccc(Br)cc1NS(=O)(=O)c1ccc(F)cc1F)N1CCCCC1. The van der Waals surface area contributed by atoms with E-state index in [1.165, 1.54) is 12.1 Å². The van der Waals surface area contributed by atoms with E-state index in [0.717, 1.165) is 31.4 Å². The Hall–Kier alpha value is -2.00. The Balaban J connectivity index is 1.96. The summed E-state index contributed by atoms with van der Waals surface area (Å²) in [5, 5.41) is 0. The van der Waals surface area contributed by atoms with Crippen LogP contribution in [0.25, 0.3) is 0 Å². The molecule has 0 radical (unpaired) electrons. The zero-order valence-corrected chi connectivity index (χ0v) is 16.6. The van der Waals surface area contributed by atoms with Crippen molar-refractivity contribution in [3.05, 3.63) is 58.1 Å². The standard InChI is InChI=1S/C18H17BrF2N2O3S/c19-12-4-6-14(18(24)23-8-2-1-3-9-23)16(10-12)22-27(25,26)17-7-5-13(20)11-15(17)21/h4-7,10-11,22H,1-3,8-9H2. The molecule has 0 saturated carbocycles. The van der Waals surface area contributed by atoms with Crippen molar-refractivity contribution >= 4 is 37.5 Å². The van der Waals surface area contributed by atoms with E-state index in [1.54, 1.807) is 11.0 Å². The summed E-state index contributed by atoms with van der Waals surface area (Å²) in [5.74, 6) is -2.38. The van der Waals surface area contributed by atoms with Crippen molar-refractivity contribution in [1.82, 2.24) is 4.90 Å². The predicted octanol–water partition coefficient (Wildman–Crippen LogP) is 4.15. The maximum absolute atomic E-state index is 13.9. The van der Waals surface area contributed by atoms with Gasteiger partial charge in [0.15, 0.2) is 0 Å². The van der Waals surface area contributed by atoms with Crippen LogP contribution in [0.2, 0.25) is 0 Å². The van der Waals surface area contributed by atoms with Gasteiger partial charge in [-0.05, 0) is 49.6 Å². The zero-order valence-electron chi connectivity index (χ0n) is 14.2. The van der Waals surface area contributed by atoms with Gasteiger partial charge in [0.1, 0.15) is 16.5 Å². The predicted molar refractivity (Wildman–Crippen MR) is 101 cm³/mol. The fourth-order valence-corrected chi connectivity index (χ4v) is 4.44. The molecule has 0 aliphatic carbocycles. The van der Waals surface area contributed by atoms with Crippen LogP contribution in [0.5, 0.6) is 0 Å².